The zero-order chi connectivity index (χ0) is 15.3. The maximum atomic E-state index is 12.0. The van der Waals surface area contributed by atoms with Gasteiger partial charge in [-0.25, -0.2) is 8.42 Å². The monoisotopic (exact) mass is 308 g/mol. The minimum atomic E-state index is -3.57. The van der Waals surface area contributed by atoms with Crippen molar-refractivity contribution in [1.29, 1.82) is 0 Å². The molecule has 2 aromatic rings. The molecule has 0 aliphatic heterocycles. The average Bonchev–Trinajstić information content (AvgIpc) is 2.48. The third-order valence-corrected chi connectivity index (χ3v) is 4.10. The van der Waals surface area contributed by atoms with Gasteiger partial charge in [-0.2, -0.15) is 0 Å². The molecule has 0 aliphatic carbocycles. The third kappa shape index (κ3) is 4.35. The Labute approximate surface area is 123 Å². The molecule has 0 aliphatic rings. The van der Waals surface area contributed by atoms with E-state index in [9.17, 15) is 13.5 Å². The molecule has 0 spiro atoms. The summed E-state index contributed by atoms with van der Waals surface area (Å²) in [5.41, 5.74) is 0.818. The van der Waals surface area contributed by atoms with Crippen molar-refractivity contribution in [2.75, 3.05) is 17.6 Å². The molecule has 0 radical (unpaired) electrons. The summed E-state index contributed by atoms with van der Waals surface area (Å²) in [6.45, 7) is 0. The summed E-state index contributed by atoms with van der Waals surface area (Å²) in [6, 6.07) is 9.70. The minimum Gasteiger partial charge on any atom is -0.506 e. The number of anilines is 1. The van der Waals surface area contributed by atoms with Gasteiger partial charge in [0.15, 0.2) is 0 Å². The lowest BCUT2D eigenvalue weighted by Crippen LogP contribution is -2.18. The summed E-state index contributed by atoms with van der Waals surface area (Å²) < 4.78 is 31.3. The summed E-state index contributed by atoms with van der Waals surface area (Å²) in [6.07, 6.45) is 1.91. The van der Waals surface area contributed by atoms with E-state index < -0.39 is 10.0 Å². The molecule has 7 heteroatoms. The number of sulfonamides is 1. The second kappa shape index (κ2) is 6.45. The van der Waals surface area contributed by atoms with E-state index >= 15 is 0 Å². The number of hydrogen-bond donors (Lipinski definition) is 2. The lowest BCUT2D eigenvalue weighted by Gasteiger charge is -2.10. The van der Waals surface area contributed by atoms with Gasteiger partial charge < -0.3 is 9.84 Å². The molecular weight excluding hydrogens is 292 g/mol. The van der Waals surface area contributed by atoms with Crippen molar-refractivity contribution in [1.82, 2.24) is 4.98 Å². The number of pyridine rings is 1. The number of phenolic OH excluding ortho intramolecular Hbond substituents is 1. The predicted octanol–water partition coefficient (Wildman–Crippen LogP) is 1.78. The van der Waals surface area contributed by atoms with E-state index in [1.165, 1.54) is 19.2 Å². The predicted molar refractivity (Wildman–Crippen MR) is 80.0 cm³/mol. The number of phenols is 1. The van der Waals surface area contributed by atoms with E-state index in [0.29, 0.717) is 17.9 Å². The number of aromatic hydroxyl groups is 1. The highest BCUT2D eigenvalue weighted by Gasteiger charge is 2.14. The summed E-state index contributed by atoms with van der Waals surface area (Å²) >= 11 is 0. The fourth-order valence-corrected chi connectivity index (χ4v) is 2.82. The van der Waals surface area contributed by atoms with Gasteiger partial charge in [0.2, 0.25) is 10.0 Å². The largest absolute Gasteiger partial charge is 0.506 e. The zero-order valence-corrected chi connectivity index (χ0v) is 12.3. The molecule has 0 saturated heterocycles. The summed E-state index contributed by atoms with van der Waals surface area (Å²) in [5, 5.41) is 9.75. The first-order chi connectivity index (χ1) is 10.00. The standard InChI is InChI=1S/C14H16N2O4S/c1-20-12-5-6-13(14(17)10-12)16-21(18,19)9-7-11-4-2-3-8-15-11/h2-6,8,10,16-17H,7,9H2,1H3. The third-order valence-electron chi connectivity index (χ3n) is 2.82. The Morgan fingerprint density at radius 2 is 2.10 bits per heavy atom. The maximum absolute atomic E-state index is 12.0. The Morgan fingerprint density at radius 1 is 1.29 bits per heavy atom. The number of aromatic nitrogens is 1. The SMILES string of the molecule is COc1ccc(NS(=O)(=O)CCc2ccccn2)c(O)c1. The van der Waals surface area contributed by atoms with Crippen LogP contribution in [0.15, 0.2) is 42.6 Å². The molecule has 1 aromatic carbocycles. The van der Waals surface area contributed by atoms with E-state index in [-0.39, 0.29) is 17.2 Å². The molecule has 1 aromatic heterocycles. The van der Waals surface area contributed by atoms with Crippen LogP contribution in [0.3, 0.4) is 0 Å². The van der Waals surface area contributed by atoms with Gasteiger partial charge in [-0.1, -0.05) is 6.07 Å². The minimum absolute atomic E-state index is 0.116. The van der Waals surface area contributed by atoms with Crippen LogP contribution in [0.4, 0.5) is 5.69 Å². The molecule has 0 unspecified atom stereocenters. The molecular formula is C14H16N2O4S. The van der Waals surface area contributed by atoms with Gasteiger partial charge in [-0.15, -0.1) is 0 Å². The molecule has 0 saturated carbocycles. The summed E-state index contributed by atoms with van der Waals surface area (Å²) in [5.74, 6) is 0.148. The molecule has 0 atom stereocenters. The van der Waals surface area contributed by atoms with Crippen LogP contribution in [0, 0.1) is 0 Å². The first-order valence-corrected chi connectivity index (χ1v) is 7.93. The van der Waals surface area contributed by atoms with Crippen LogP contribution in [0.25, 0.3) is 0 Å². The molecule has 0 amide bonds. The number of nitrogens with one attached hydrogen (secondary N) is 1. The van der Waals surface area contributed by atoms with Gasteiger partial charge in [0.25, 0.3) is 0 Å². The fourth-order valence-electron chi connectivity index (χ4n) is 1.73. The van der Waals surface area contributed by atoms with Gasteiger partial charge in [0.05, 0.1) is 18.6 Å². The van der Waals surface area contributed by atoms with Crippen LogP contribution in [0.5, 0.6) is 11.5 Å². The molecule has 112 valence electrons. The molecule has 6 nitrogen and oxygen atoms in total. The number of hydrogen-bond acceptors (Lipinski definition) is 5. The molecule has 1 heterocycles. The lowest BCUT2D eigenvalue weighted by atomic mass is 10.3. The summed E-state index contributed by atoms with van der Waals surface area (Å²) in [7, 11) is -2.10. The van der Waals surface area contributed by atoms with Crippen LogP contribution >= 0.6 is 0 Å². The highest BCUT2D eigenvalue weighted by Crippen LogP contribution is 2.28. The topological polar surface area (TPSA) is 88.5 Å². The van der Waals surface area contributed by atoms with Crippen molar-refractivity contribution in [3.05, 3.63) is 48.3 Å². The summed E-state index contributed by atoms with van der Waals surface area (Å²) in [4.78, 5) is 4.07. The van der Waals surface area contributed by atoms with Crippen LogP contribution < -0.4 is 9.46 Å². The van der Waals surface area contributed by atoms with E-state index in [0.717, 1.165) is 0 Å². The van der Waals surface area contributed by atoms with Gasteiger partial charge in [0.1, 0.15) is 11.5 Å². The maximum Gasteiger partial charge on any atom is 0.233 e. The normalized spacial score (nSPS) is 11.1. The van der Waals surface area contributed by atoms with Crippen LogP contribution in [0.1, 0.15) is 5.69 Å². The lowest BCUT2D eigenvalue weighted by molar-refractivity contribution is 0.408. The first kappa shape index (κ1) is 15.1. The van der Waals surface area contributed by atoms with Crippen LogP contribution in [-0.2, 0) is 16.4 Å². The van der Waals surface area contributed by atoms with Crippen LogP contribution in [-0.4, -0.2) is 31.4 Å². The van der Waals surface area contributed by atoms with Crippen molar-refractivity contribution in [3.63, 3.8) is 0 Å². The Hall–Kier alpha value is -2.28. The van der Waals surface area contributed by atoms with E-state index in [2.05, 4.69) is 9.71 Å². The van der Waals surface area contributed by atoms with Crippen molar-refractivity contribution >= 4 is 15.7 Å². The number of nitrogens with zero attached hydrogens (tertiary/aromatic N) is 1. The van der Waals surface area contributed by atoms with E-state index in [4.69, 9.17) is 4.74 Å². The first-order valence-electron chi connectivity index (χ1n) is 6.27. The molecule has 2 rings (SSSR count). The highest BCUT2D eigenvalue weighted by molar-refractivity contribution is 7.92. The van der Waals surface area contributed by atoms with E-state index in [1.807, 2.05) is 0 Å². The number of aryl methyl sites for hydroxylation is 1. The molecule has 0 fully saturated rings. The van der Waals surface area contributed by atoms with Gasteiger partial charge in [0, 0.05) is 24.4 Å². The van der Waals surface area contributed by atoms with Gasteiger partial charge >= 0.3 is 0 Å². The number of rotatable bonds is 6. The Morgan fingerprint density at radius 3 is 2.71 bits per heavy atom. The zero-order valence-electron chi connectivity index (χ0n) is 11.5. The number of ether oxygens (including phenoxy) is 1. The molecule has 21 heavy (non-hydrogen) atoms. The fraction of sp³-hybridized carbons (Fsp3) is 0.214. The van der Waals surface area contributed by atoms with Crippen molar-refractivity contribution in [2.45, 2.75) is 6.42 Å². The molecule has 0 bridgehead atoms. The Kier molecular flexibility index (Phi) is 4.64. The number of methoxy groups -OCH3 is 1. The highest BCUT2D eigenvalue weighted by atomic mass is 32.2. The average molecular weight is 308 g/mol. The Balaban J connectivity index is 2.04. The van der Waals surface area contributed by atoms with E-state index in [1.54, 1.807) is 30.5 Å². The van der Waals surface area contributed by atoms with Crippen LogP contribution in [0.2, 0.25) is 0 Å². The quantitative estimate of drug-likeness (QED) is 0.794. The number of benzene rings is 1. The van der Waals surface area contributed by atoms with Gasteiger partial charge in [-0.3, -0.25) is 9.71 Å². The smallest absolute Gasteiger partial charge is 0.233 e. The van der Waals surface area contributed by atoms with Crippen molar-refractivity contribution in [3.8, 4) is 11.5 Å². The second-order valence-electron chi connectivity index (χ2n) is 4.38. The van der Waals surface area contributed by atoms with Gasteiger partial charge in [-0.05, 0) is 24.3 Å². The molecule has 2 N–H and O–H groups in total. The van der Waals surface area contributed by atoms with Crippen molar-refractivity contribution < 1.29 is 18.3 Å². The second-order valence-corrected chi connectivity index (χ2v) is 6.22. The van der Waals surface area contributed by atoms with Crippen molar-refractivity contribution in [2.24, 2.45) is 0 Å². The Bertz CT molecular complexity index is 702.